The fourth-order valence-electron chi connectivity index (χ4n) is 11.0. The lowest BCUT2D eigenvalue weighted by atomic mass is 9.33. The molecule has 2 heterocycles. The summed E-state index contributed by atoms with van der Waals surface area (Å²) in [7, 11) is 0. The lowest BCUT2D eigenvalue weighted by Gasteiger charge is -2.44. The van der Waals surface area contributed by atoms with E-state index in [1.807, 2.05) is 24.3 Å². The average Bonchev–Trinajstić information content (AvgIpc) is 3.48. The minimum atomic E-state index is -0.183. The summed E-state index contributed by atoms with van der Waals surface area (Å²) in [5.41, 5.74) is 24.6. The first-order valence-electron chi connectivity index (χ1n) is 24.6. The van der Waals surface area contributed by atoms with Gasteiger partial charge in [0, 0.05) is 34.1 Å². The maximum absolute atomic E-state index is 9.77. The molecule has 0 fully saturated rings. The predicted octanol–water partition coefficient (Wildman–Crippen LogP) is 15.5. The van der Waals surface area contributed by atoms with Crippen molar-refractivity contribution in [3.05, 3.63) is 272 Å². The van der Waals surface area contributed by atoms with E-state index in [1.165, 1.54) is 16.4 Å². The molecule has 73 heavy (non-hydrogen) atoms. The maximum atomic E-state index is 9.77. The van der Waals surface area contributed by atoms with Gasteiger partial charge in [-0.15, -0.1) is 0 Å². The lowest BCUT2D eigenvalue weighted by molar-refractivity contribution is 1.25. The molecule has 11 aromatic rings. The fraction of sp³-hybridized carbons (Fsp3) is 0. The zero-order valence-electron chi connectivity index (χ0n) is 39.7. The van der Waals surface area contributed by atoms with Crippen LogP contribution in [0, 0.1) is 22.7 Å². The smallest absolute Gasteiger partial charge is 0.252 e. The van der Waals surface area contributed by atoms with E-state index < -0.39 is 0 Å². The second-order valence-electron chi connectivity index (χ2n) is 18.7. The average molecular weight is 927 g/mol. The minimum absolute atomic E-state index is 0.183. The van der Waals surface area contributed by atoms with Gasteiger partial charge in [-0.3, -0.25) is 0 Å². The second-order valence-corrected chi connectivity index (χ2v) is 18.7. The van der Waals surface area contributed by atoms with Gasteiger partial charge in [-0.05, 0) is 168 Å². The largest absolute Gasteiger partial charge is 0.311 e. The molecule has 0 bridgehead atoms. The molecule has 0 saturated heterocycles. The topological polar surface area (TPSA) is 54.1 Å². The third-order valence-corrected chi connectivity index (χ3v) is 14.5. The number of rotatable bonds is 8. The molecule has 0 spiro atoms. The molecular formula is C68H43BN4. The predicted molar refractivity (Wildman–Crippen MR) is 303 cm³/mol. The molecule has 338 valence electrons. The molecule has 0 aliphatic carbocycles. The van der Waals surface area contributed by atoms with Crippen molar-refractivity contribution in [2.75, 3.05) is 9.80 Å². The Morgan fingerprint density at radius 3 is 0.904 bits per heavy atom. The molecule has 0 N–H and O–H groups in total. The number of nitrogens with zero attached hydrogens (tertiary/aromatic N) is 4. The quantitative estimate of drug-likeness (QED) is 0.143. The maximum Gasteiger partial charge on any atom is 0.252 e. The highest BCUT2D eigenvalue weighted by Crippen LogP contribution is 2.47. The summed E-state index contributed by atoms with van der Waals surface area (Å²) in [6, 6.07) is 97.7. The molecule has 13 rings (SSSR count). The van der Waals surface area contributed by atoms with E-state index in [-0.39, 0.29) is 6.71 Å². The molecule has 0 radical (unpaired) electrons. The van der Waals surface area contributed by atoms with Gasteiger partial charge >= 0.3 is 0 Å². The molecule has 2 aliphatic rings. The van der Waals surface area contributed by atoms with Crippen molar-refractivity contribution in [3.63, 3.8) is 0 Å². The van der Waals surface area contributed by atoms with E-state index in [9.17, 15) is 10.5 Å². The molecule has 0 saturated carbocycles. The van der Waals surface area contributed by atoms with Crippen LogP contribution in [-0.4, -0.2) is 6.71 Å². The Labute approximate surface area is 426 Å². The van der Waals surface area contributed by atoms with Crippen molar-refractivity contribution in [3.8, 4) is 78.9 Å². The number of benzene rings is 11. The van der Waals surface area contributed by atoms with E-state index in [0.717, 1.165) is 101 Å². The van der Waals surface area contributed by atoms with Gasteiger partial charge in [0.1, 0.15) is 0 Å². The van der Waals surface area contributed by atoms with E-state index in [0.29, 0.717) is 11.1 Å². The monoisotopic (exact) mass is 926 g/mol. The van der Waals surface area contributed by atoms with Gasteiger partial charge in [0.05, 0.1) is 23.3 Å². The van der Waals surface area contributed by atoms with Gasteiger partial charge in [-0.2, -0.15) is 10.5 Å². The van der Waals surface area contributed by atoms with Crippen LogP contribution in [0.25, 0.3) is 66.8 Å². The van der Waals surface area contributed by atoms with Crippen LogP contribution >= 0.6 is 0 Å². The Morgan fingerprint density at radius 2 is 0.575 bits per heavy atom. The Bertz CT molecular complexity index is 3600. The number of anilines is 6. The first-order chi connectivity index (χ1) is 36.1. The summed E-state index contributed by atoms with van der Waals surface area (Å²) < 4.78 is 0. The summed E-state index contributed by atoms with van der Waals surface area (Å²) in [6.45, 7) is -0.183. The number of fused-ring (bicyclic) bond motifs is 4. The first-order valence-corrected chi connectivity index (χ1v) is 24.6. The highest BCUT2D eigenvalue weighted by atomic mass is 15.2. The highest BCUT2D eigenvalue weighted by molar-refractivity contribution is 7.00. The molecule has 0 aromatic heterocycles. The summed E-state index contributed by atoms with van der Waals surface area (Å²) >= 11 is 0. The summed E-state index contributed by atoms with van der Waals surface area (Å²) in [4.78, 5) is 4.96. The number of hydrogen-bond acceptors (Lipinski definition) is 4. The van der Waals surface area contributed by atoms with Gasteiger partial charge in [-0.25, -0.2) is 0 Å². The molecule has 11 aromatic carbocycles. The number of nitriles is 2. The zero-order valence-corrected chi connectivity index (χ0v) is 39.7. The van der Waals surface area contributed by atoms with Crippen molar-refractivity contribution < 1.29 is 0 Å². The molecule has 0 amide bonds. The van der Waals surface area contributed by atoms with Crippen molar-refractivity contribution in [1.82, 2.24) is 0 Å². The van der Waals surface area contributed by atoms with Gasteiger partial charge < -0.3 is 9.80 Å². The van der Waals surface area contributed by atoms with Crippen molar-refractivity contribution in [1.29, 1.82) is 10.5 Å². The molecule has 4 nitrogen and oxygen atoms in total. The van der Waals surface area contributed by atoms with Gasteiger partial charge in [0.2, 0.25) is 0 Å². The van der Waals surface area contributed by atoms with Crippen LogP contribution < -0.4 is 26.2 Å². The molecular weight excluding hydrogens is 884 g/mol. The van der Waals surface area contributed by atoms with Crippen LogP contribution in [0.2, 0.25) is 0 Å². The minimum Gasteiger partial charge on any atom is -0.311 e. The van der Waals surface area contributed by atoms with E-state index in [1.54, 1.807) is 0 Å². The SMILES string of the molecule is N#Cc1ccc(-c2ccc3c(c2)B2c4cc(-c5ccc(C#N)cc5)ccc4N(c4cc(-c5ccccc5)cc(-c5ccccc5)c4)c4cccc(c42)N3c2cc(-c3ccccc3)cc(-c3ccccc3)c2)cc1. The van der Waals surface area contributed by atoms with Crippen LogP contribution in [0.15, 0.2) is 261 Å². The third-order valence-electron chi connectivity index (χ3n) is 14.5. The van der Waals surface area contributed by atoms with Crippen LogP contribution in [0.3, 0.4) is 0 Å². The molecule has 0 unspecified atom stereocenters. The number of hydrogen-bond donors (Lipinski definition) is 0. The standard InChI is InChI=1S/C68H43BN4/c70-44-46-24-28-52(29-25-46)54-32-34-64-62(42-54)69-63-43-55(53-30-26-47(45-71)27-31-53)33-35-65(63)73(61-40-58(50-18-9-3-10-19-50)37-59(41-61)51-20-11-4-12-21-51)67-23-13-22-66(68(67)69)72(64)60-38-56(48-14-5-1-6-15-48)36-57(39-60)49-16-7-2-8-17-49/h1-43H. The summed E-state index contributed by atoms with van der Waals surface area (Å²) in [5, 5.41) is 19.5. The van der Waals surface area contributed by atoms with E-state index >= 15 is 0 Å². The van der Waals surface area contributed by atoms with Crippen LogP contribution in [-0.2, 0) is 0 Å². The van der Waals surface area contributed by atoms with Crippen LogP contribution in [0.5, 0.6) is 0 Å². The highest BCUT2D eigenvalue weighted by Gasteiger charge is 2.43. The van der Waals surface area contributed by atoms with Crippen molar-refractivity contribution in [2.24, 2.45) is 0 Å². The van der Waals surface area contributed by atoms with Gasteiger partial charge in [-0.1, -0.05) is 176 Å². The Balaban J connectivity index is 1.11. The lowest BCUT2D eigenvalue weighted by Crippen LogP contribution is -2.61. The molecule has 5 heteroatoms. The van der Waals surface area contributed by atoms with Crippen LogP contribution in [0.1, 0.15) is 11.1 Å². The zero-order chi connectivity index (χ0) is 48.8. The van der Waals surface area contributed by atoms with Crippen LogP contribution in [0.4, 0.5) is 34.1 Å². The van der Waals surface area contributed by atoms with E-state index in [2.05, 4.69) is 259 Å². The molecule has 0 atom stereocenters. The Hall–Kier alpha value is -9.94. The Kier molecular flexibility index (Phi) is 10.7. The first kappa shape index (κ1) is 43.1. The summed E-state index contributed by atoms with van der Waals surface area (Å²) in [6.07, 6.45) is 0. The summed E-state index contributed by atoms with van der Waals surface area (Å²) in [5.74, 6) is 0. The van der Waals surface area contributed by atoms with Gasteiger partial charge in [0.15, 0.2) is 0 Å². The Morgan fingerprint density at radius 1 is 0.260 bits per heavy atom. The van der Waals surface area contributed by atoms with Crippen molar-refractivity contribution in [2.45, 2.75) is 0 Å². The normalized spacial score (nSPS) is 12.0. The fourth-order valence-corrected chi connectivity index (χ4v) is 11.0. The third kappa shape index (κ3) is 7.74. The van der Waals surface area contributed by atoms with Crippen molar-refractivity contribution >= 4 is 57.2 Å². The van der Waals surface area contributed by atoms with E-state index in [4.69, 9.17) is 0 Å². The molecule has 2 aliphatic heterocycles. The second kappa shape index (κ2) is 18.1. The van der Waals surface area contributed by atoms with Gasteiger partial charge in [0.25, 0.3) is 6.71 Å².